The van der Waals surface area contributed by atoms with E-state index in [0.717, 1.165) is 5.06 Å². The molecule has 0 saturated carbocycles. The topological polar surface area (TPSA) is 53.3 Å². The average molecular weight is 114 g/mol. The maximum atomic E-state index is 10.2. The standard InChI is InChI=1S/C4H6N2O2/c1-6(8-2)4(7)3-5/h1-2H3. The van der Waals surface area contributed by atoms with Crippen LogP contribution in [0.4, 0.5) is 0 Å². The Morgan fingerprint density at radius 2 is 2.38 bits per heavy atom. The third-order valence-electron chi connectivity index (χ3n) is 0.656. The SMILES string of the molecule is CON(C)C(=O)C#N. The summed E-state index contributed by atoms with van der Waals surface area (Å²) in [7, 11) is 2.68. The molecule has 0 aliphatic rings. The van der Waals surface area contributed by atoms with Crippen LogP contribution in [-0.4, -0.2) is 25.1 Å². The third kappa shape index (κ3) is 1.58. The van der Waals surface area contributed by atoms with E-state index in [-0.39, 0.29) is 0 Å². The molecule has 0 N–H and O–H groups in total. The van der Waals surface area contributed by atoms with Gasteiger partial charge in [-0.3, -0.25) is 9.63 Å². The van der Waals surface area contributed by atoms with Crippen LogP contribution in [0.1, 0.15) is 0 Å². The maximum Gasteiger partial charge on any atom is 0.348 e. The van der Waals surface area contributed by atoms with Gasteiger partial charge < -0.3 is 0 Å². The van der Waals surface area contributed by atoms with Crippen molar-refractivity contribution in [2.24, 2.45) is 0 Å². The summed E-state index contributed by atoms with van der Waals surface area (Å²) >= 11 is 0. The highest BCUT2D eigenvalue weighted by Crippen LogP contribution is 1.78. The molecule has 0 fully saturated rings. The fourth-order valence-corrected chi connectivity index (χ4v) is 0.153. The fraction of sp³-hybridized carbons (Fsp3) is 0.500. The number of rotatable bonds is 1. The summed E-state index contributed by atoms with van der Waals surface area (Å²) in [6.45, 7) is 0. The van der Waals surface area contributed by atoms with Gasteiger partial charge in [0.15, 0.2) is 6.07 Å². The Bertz CT molecular complexity index is 126. The molecule has 0 rings (SSSR count). The number of carbonyl (C=O) groups excluding carboxylic acids is 1. The van der Waals surface area contributed by atoms with E-state index in [9.17, 15) is 4.79 Å². The minimum absolute atomic E-state index is 0.701. The molecule has 4 nitrogen and oxygen atoms in total. The quantitative estimate of drug-likeness (QED) is 0.342. The van der Waals surface area contributed by atoms with E-state index in [4.69, 9.17) is 5.26 Å². The molecule has 1 amide bonds. The van der Waals surface area contributed by atoms with E-state index < -0.39 is 5.91 Å². The molecule has 0 bridgehead atoms. The Morgan fingerprint density at radius 1 is 1.88 bits per heavy atom. The van der Waals surface area contributed by atoms with Crippen LogP contribution in [0.25, 0.3) is 0 Å². The Kier molecular flexibility index (Phi) is 2.59. The van der Waals surface area contributed by atoms with Gasteiger partial charge in [-0.05, 0) is 0 Å². The number of nitriles is 1. The lowest BCUT2D eigenvalue weighted by molar-refractivity contribution is -0.161. The molecule has 8 heavy (non-hydrogen) atoms. The summed E-state index contributed by atoms with van der Waals surface area (Å²) in [4.78, 5) is 14.5. The Labute approximate surface area is 47.2 Å². The predicted octanol–water partition coefficient (Wildman–Crippen LogP) is -0.470. The smallest absolute Gasteiger partial charge is 0.274 e. The second kappa shape index (κ2) is 2.99. The number of nitrogens with zero attached hydrogens (tertiary/aromatic N) is 2. The van der Waals surface area contributed by atoms with Gasteiger partial charge in [-0.25, -0.2) is 5.06 Å². The second-order valence-corrected chi connectivity index (χ2v) is 1.10. The molecule has 4 heteroatoms. The minimum Gasteiger partial charge on any atom is -0.274 e. The van der Waals surface area contributed by atoms with Crippen molar-refractivity contribution in [2.75, 3.05) is 14.2 Å². The molecule has 0 aliphatic heterocycles. The molecular weight excluding hydrogens is 108 g/mol. The van der Waals surface area contributed by atoms with Crippen LogP contribution in [0, 0.1) is 11.3 Å². The van der Waals surface area contributed by atoms with Crippen LogP contribution in [-0.2, 0) is 9.63 Å². The summed E-state index contributed by atoms with van der Waals surface area (Å²) in [6.07, 6.45) is 0. The lowest BCUT2D eigenvalue weighted by Gasteiger charge is -2.06. The highest BCUT2D eigenvalue weighted by Gasteiger charge is 2.02. The van der Waals surface area contributed by atoms with Crippen LogP contribution in [0.2, 0.25) is 0 Å². The van der Waals surface area contributed by atoms with E-state index in [0.29, 0.717) is 0 Å². The van der Waals surface area contributed by atoms with E-state index >= 15 is 0 Å². The summed E-state index contributed by atoms with van der Waals surface area (Å²) < 4.78 is 0. The normalized spacial score (nSPS) is 7.62. The first-order valence-electron chi connectivity index (χ1n) is 1.94. The Morgan fingerprint density at radius 3 is 2.50 bits per heavy atom. The van der Waals surface area contributed by atoms with Crippen molar-refractivity contribution in [1.29, 1.82) is 5.26 Å². The second-order valence-electron chi connectivity index (χ2n) is 1.10. The van der Waals surface area contributed by atoms with Gasteiger partial charge in [0.1, 0.15) is 0 Å². The van der Waals surface area contributed by atoms with Gasteiger partial charge in [0, 0.05) is 7.05 Å². The van der Waals surface area contributed by atoms with Crippen LogP contribution < -0.4 is 0 Å². The van der Waals surface area contributed by atoms with Gasteiger partial charge in [-0.2, -0.15) is 5.26 Å². The van der Waals surface area contributed by atoms with Crippen LogP contribution in [0.15, 0.2) is 0 Å². The fourth-order valence-electron chi connectivity index (χ4n) is 0.153. The van der Waals surface area contributed by atoms with Crippen molar-refractivity contribution >= 4 is 5.91 Å². The molecule has 0 saturated heterocycles. The number of amides is 1. The van der Waals surface area contributed by atoms with Gasteiger partial charge in [0.05, 0.1) is 7.11 Å². The molecule has 0 atom stereocenters. The number of carbonyl (C=O) groups is 1. The Hall–Kier alpha value is -1.08. The van der Waals surface area contributed by atoms with Crippen molar-refractivity contribution in [2.45, 2.75) is 0 Å². The molecule has 0 aromatic carbocycles. The molecule has 0 spiro atoms. The van der Waals surface area contributed by atoms with E-state index in [1.54, 1.807) is 0 Å². The summed E-state index contributed by atoms with van der Waals surface area (Å²) in [6, 6.07) is 1.38. The van der Waals surface area contributed by atoms with Gasteiger partial charge >= 0.3 is 5.91 Å². The van der Waals surface area contributed by atoms with Gasteiger partial charge in [-0.15, -0.1) is 0 Å². The highest BCUT2D eigenvalue weighted by atomic mass is 16.7. The zero-order chi connectivity index (χ0) is 6.57. The van der Waals surface area contributed by atoms with Crippen molar-refractivity contribution in [1.82, 2.24) is 5.06 Å². The molecule has 0 unspecified atom stereocenters. The molecule has 0 aromatic rings. The predicted molar refractivity (Wildman–Crippen MR) is 25.4 cm³/mol. The molecule has 0 aliphatic carbocycles. The van der Waals surface area contributed by atoms with Crippen LogP contribution in [0.5, 0.6) is 0 Å². The zero-order valence-electron chi connectivity index (χ0n) is 4.71. The lowest BCUT2D eigenvalue weighted by atomic mass is 10.7. The molecular formula is C4H6N2O2. The molecule has 44 valence electrons. The summed E-state index contributed by atoms with van der Waals surface area (Å²) in [5.74, 6) is -0.701. The first kappa shape index (κ1) is 6.92. The maximum absolute atomic E-state index is 10.2. The van der Waals surface area contributed by atoms with Crippen molar-refractivity contribution in [3.05, 3.63) is 0 Å². The zero-order valence-corrected chi connectivity index (χ0v) is 4.71. The molecule has 0 heterocycles. The Balaban J connectivity index is 3.68. The minimum atomic E-state index is -0.701. The summed E-state index contributed by atoms with van der Waals surface area (Å²) in [5, 5.41) is 8.76. The van der Waals surface area contributed by atoms with Gasteiger partial charge in [0.25, 0.3) is 0 Å². The number of hydrogen-bond donors (Lipinski definition) is 0. The lowest BCUT2D eigenvalue weighted by Crippen LogP contribution is -2.23. The molecule has 0 radical (unpaired) electrons. The van der Waals surface area contributed by atoms with Crippen LogP contribution >= 0.6 is 0 Å². The first-order chi connectivity index (χ1) is 3.72. The monoisotopic (exact) mass is 114 g/mol. The van der Waals surface area contributed by atoms with Crippen molar-refractivity contribution < 1.29 is 9.63 Å². The van der Waals surface area contributed by atoms with E-state index in [2.05, 4.69) is 4.84 Å². The van der Waals surface area contributed by atoms with Crippen LogP contribution in [0.3, 0.4) is 0 Å². The van der Waals surface area contributed by atoms with Gasteiger partial charge in [-0.1, -0.05) is 0 Å². The van der Waals surface area contributed by atoms with E-state index in [1.807, 2.05) is 0 Å². The van der Waals surface area contributed by atoms with Crippen molar-refractivity contribution in [3.8, 4) is 6.07 Å². The summed E-state index contributed by atoms with van der Waals surface area (Å²) in [5.41, 5.74) is 0. The molecule has 0 aromatic heterocycles. The average Bonchev–Trinajstić information content (AvgIpc) is 1.84. The number of hydrogen-bond acceptors (Lipinski definition) is 3. The van der Waals surface area contributed by atoms with Crippen molar-refractivity contribution in [3.63, 3.8) is 0 Å². The third-order valence-corrected chi connectivity index (χ3v) is 0.656. The first-order valence-corrected chi connectivity index (χ1v) is 1.94. The van der Waals surface area contributed by atoms with E-state index in [1.165, 1.54) is 20.2 Å². The van der Waals surface area contributed by atoms with Gasteiger partial charge in [0.2, 0.25) is 0 Å². The highest BCUT2D eigenvalue weighted by molar-refractivity contribution is 5.90. The largest absolute Gasteiger partial charge is 0.348 e. The number of hydroxylamine groups is 2.